The summed E-state index contributed by atoms with van der Waals surface area (Å²) >= 11 is 0. The second-order valence-electron chi connectivity index (χ2n) is 7.73. The number of methoxy groups -OCH3 is 1. The molecule has 2 N–H and O–H groups in total. The van der Waals surface area contributed by atoms with Crippen LogP contribution in [0.15, 0.2) is 34.7 Å². The number of hydrogen-bond acceptors (Lipinski definition) is 5. The molecule has 0 atom stereocenters. The van der Waals surface area contributed by atoms with Crippen LogP contribution in [0, 0.1) is 11.8 Å². The molecule has 0 saturated heterocycles. The zero-order valence-corrected chi connectivity index (χ0v) is 15.9. The molecule has 0 radical (unpaired) electrons. The molecular weight excluding hydrogens is 372 g/mol. The summed E-state index contributed by atoms with van der Waals surface area (Å²) in [5.41, 5.74) is 7.29. The minimum absolute atomic E-state index is 0.0873. The van der Waals surface area contributed by atoms with Gasteiger partial charge in [-0.15, -0.1) is 0 Å². The van der Waals surface area contributed by atoms with Gasteiger partial charge in [-0.25, -0.2) is 0 Å². The molecular formula is C22H20N2O5. The van der Waals surface area contributed by atoms with Crippen molar-refractivity contribution in [1.29, 1.82) is 0 Å². The first-order chi connectivity index (χ1) is 14.0. The maximum absolute atomic E-state index is 12.9. The Morgan fingerprint density at radius 2 is 1.69 bits per heavy atom. The third-order valence-corrected chi connectivity index (χ3v) is 5.60. The zero-order valence-electron chi connectivity index (χ0n) is 15.9. The van der Waals surface area contributed by atoms with E-state index in [-0.39, 0.29) is 23.7 Å². The number of hydrogen-bond donors (Lipinski definition) is 1. The molecule has 0 spiro atoms. The highest BCUT2D eigenvalue weighted by molar-refractivity contribution is 6.21. The number of fused-ring (bicyclic) bond motifs is 3. The van der Waals surface area contributed by atoms with Crippen LogP contribution in [0.5, 0.6) is 5.75 Å². The molecule has 0 bridgehead atoms. The number of carbonyl (C=O) groups is 3. The fourth-order valence-corrected chi connectivity index (χ4v) is 3.74. The molecule has 2 aromatic carbocycles. The smallest absolute Gasteiger partial charge is 0.249 e. The van der Waals surface area contributed by atoms with Gasteiger partial charge < -0.3 is 14.9 Å². The van der Waals surface area contributed by atoms with E-state index in [0.29, 0.717) is 38.9 Å². The molecule has 2 fully saturated rings. The van der Waals surface area contributed by atoms with E-state index in [2.05, 4.69) is 0 Å². The summed E-state index contributed by atoms with van der Waals surface area (Å²) in [4.78, 5) is 39.1. The average molecular weight is 392 g/mol. The van der Waals surface area contributed by atoms with Gasteiger partial charge in [0.2, 0.25) is 17.7 Å². The Labute approximate surface area is 166 Å². The van der Waals surface area contributed by atoms with Crippen molar-refractivity contribution in [1.82, 2.24) is 0 Å². The maximum Gasteiger partial charge on any atom is 0.249 e. The van der Waals surface area contributed by atoms with Crippen LogP contribution in [0.2, 0.25) is 0 Å². The average Bonchev–Trinajstić information content (AvgIpc) is 3.62. The van der Waals surface area contributed by atoms with Crippen LogP contribution < -0.4 is 15.4 Å². The molecule has 3 amide bonds. The van der Waals surface area contributed by atoms with Crippen molar-refractivity contribution in [3.05, 3.63) is 35.9 Å². The zero-order chi connectivity index (χ0) is 20.3. The summed E-state index contributed by atoms with van der Waals surface area (Å²) in [5, 5.41) is 1.13. The Morgan fingerprint density at radius 1 is 1.03 bits per heavy atom. The number of anilines is 1. The molecule has 1 heterocycles. The number of primary amides is 1. The summed E-state index contributed by atoms with van der Waals surface area (Å²) in [6, 6.07) is 8.37. The molecule has 29 heavy (non-hydrogen) atoms. The molecule has 5 rings (SSSR count). The Bertz CT molecular complexity index is 1160. The summed E-state index contributed by atoms with van der Waals surface area (Å²) in [6.07, 6.45) is 3.25. The van der Waals surface area contributed by atoms with E-state index in [9.17, 15) is 14.4 Å². The fourth-order valence-electron chi connectivity index (χ4n) is 3.74. The highest BCUT2D eigenvalue weighted by atomic mass is 16.5. The summed E-state index contributed by atoms with van der Waals surface area (Å²) in [5.74, 6) is -0.594. The van der Waals surface area contributed by atoms with Gasteiger partial charge in [0.15, 0.2) is 11.3 Å². The predicted molar refractivity (Wildman–Crippen MR) is 107 cm³/mol. The van der Waals surface area contributed by atoms with Crippen molar-refractivity contribution < 1.29 is 23.5 Å². The number of carbonyl (C=O) groups excluding carboxylic acids is 3. The molecule has 7 nitrogen and oxygen atoms in total. The van der Waals surface area contributed by atoms with Crippen LogP contribution in [-0.4, -0.2) is 24.8 Å². The quantitative estimate of drug-likeness (QED) is 0.671. The van der Waals surface area contributed by atoms with E-state index in [1.165, 1.54) is 12.0 Å². The number of furan rings is 1. The summed E-state index contributed by atoms with van der Waals surface area (Å²) in [7, 11) is 1.52. The fraction of sp³-hybridized carbons (Fsp3) is 0.318. The number of imide groups is 1. The van der Waals surface area contributed by atoms with Crippen molar-refractivity contribution in [2.45, 2.75) is 25.7 Å². The normalized spacial score (nSPS) is 16.2. The third-order valence-electron chi connectivity index (χ3n) is 5.60. The van der Waals surface area contributed by atoms with Crippen LogP contribution in [0.25, 0.3) is 21.9 Å². The molecule has 3 aromatic rings. The lowest BCUT2D eigenvalue weighted by atomic mass is 10.0. The number of nitrogens with zero attached hydrogens (tertiary/aromatic N) is 1. The maximum atomic E-state index is 12.9. The molecule has 7 heteroatoms. The van der Waals surface area contributed by atoms with Crippen LogP contribution in [-0.2, 0) is 9.59 Å². The minimum atomic E-state index is -0.592. The molecule has 1 aromatic heterocycles. The van der Waals surface area contributed by atoms with Crippen molar-refractivity contribution in [2.75, 3.05) is 12.0 Å². The van der Waals surface area contributed by atoms with Crippen molar-refractivity contribution in [3.63, 3.8) is 0 Å². The Morgan fingerprint density at radius 3 is 2.24 bits per heavy atom. The second kappa shape index (κ2) is 6.34. The lowest BCUT2D eigenvalue weighted by Gasteiger charge is -2.21. The van der Waals surface area contributed by atoms with Gasteiger partial charge >= 0.3 is 0 Å². The monoisotopic (exact) mass is 392 g/mol. The van der Waals surface area contributed by atoms with Gasteiger partial charge in [0.05, 0.1) is 18.4 Å². The van der Waals surface area contributed by atoms with Crippen LogP contribution in [0.4, 0.5) is 5.69 Å². The first-order valence-corrected chi connectivity index (χ1v) is 9.70. The largest absolute Gasteiger partial charge is 0.493 e. The van der Waals surface area contributed by atoms with Gasteiger partial charge in [-0.3, -0.25) is 19.3 Å². The minimum Gasteiger partial charge on any atom is -0.493 e. The van der Waals surface area contributed by atoms with Gasteiger partial charge in [-0.05, 0) is 56.0 Å². The Hall–Kier alpha value is -3.35. The highest BCUT2D eigenvalue weighted by Crippen LogP contribution is 2.41. The van der Waals surface area contributed by atoms with Gasteiger partial charge in [0, 0.05) is 22.6 Å². The van der Waals surface area contributed by atoms with Gasteiger partial charge in [-0.2, -0.15) is 0 Å². The summed E-state index contributed by atoms with van der Waals surface area (Å²) < 4.78 is 11.3. The number of nitrogens with two attached hydrogens (primary N) is 1. The first-order valence-electron chi connectivity index (χ1n) is 9.70. The lowest BCUT2D eigenvalue weighted by molar-refractivity contribution is -0.127. The van der Waals surface area contributed by atoms with Gasteiger partial charge in [-0.1, -0.05) is 0 Å². The summed E-state index contributed by atoms with van der Waals surface area (Å²) in [6.45, 7) is 0. The van der Waals surface area contributed by atoms with Gasteiger partial charge in [0.25, 0.3) is 0 Å². The molecule has 2 aliphatic carbocycles. The molecule has 0 unspecified atom stereocenters. The lowest BCUT2D eigenvalue weighted by Crippen LogP contribution is -2.39. The predicted octanol–water partition coefficient (Wildman–Crippen LogP) is 3.37. The Balaban J connectivity index is 1.72. The topological polar surface area (TPSA) is 103 Å². The van der Waals surface area contributed by atoms with E-state index in [4.69, 9.17) is 14.9 Å². The van der Waals surface area contributed by atoms with Gasteiger partial charge in [0.1, 0.15) is 5.58 Å². The van der Waals surface area contributed by atoms with E-state index < -0.39 is 5.91 Å². The molecule has 148 valence electrons. The van der Waals surface area contributed by atoms with Crippen LogP contribution in [0.3, 0.4) is 0 Å². The van der Waals surface area contributed by atoms with E-state index in [1.807, 2.05) is 0 Å². The van der Waals surface area contributed by atoms with Crippen molar-refractivity contribution >= 4 is 45.3 Å². The molecule has 2 saturated carbocycles. The second-order valence-corrected chi connectivity index (χ2v) is 7.73. The van der Waals surface area contributed by atoms with E-state index in [1.54, 1.807) is 30.3 Å². The Kier molecular flexibility index (Phi) is 3.87. The van der Waals surface area contributed by atoms with E-state index >= 15 is 0 Å². The third kappa shape index (κ3) is 2.85. The van der Waals surface area contributed by atoms with E-state index in [0.717, 1.165) is 25.7 Å². The van der Waals surface area contributed by atoms with Crippen molar-refractivity contribution in [3.8, 4) is 5.75 Å². The standard InChI is InChI=1S/C22H20N2O5/c1-28-17-9-7-14(20(23)25)18-15-10-13(6-8-16(15)29-19(17)18)24(21(26)11-2-3-11)22(27)12-4-5-12/h6-12H,2-5H2,1H3,(H2,23,25). The van der Waals surface area contributed by atoms with Crippen LogP contribution >= 0.6 is 0 Å². The molecule has 2 aliphatic rings. The number of rotatable bonds is 5. The number of benzene rings is 2. The number of ether oxygens (including phenoxy) is 1. The van der Waals surface area contributed by atoms with Crippen molar-refractivity contribution in [2.24, 2.45) is 17.6 Å². The van der Waals surface area contributed by atoms with Crippen LogP contribution in [0.1, 0.15) is 36.0 Å². The molecule has 0 aliphatic heterocycles. The number of amides is 3. The first kappa shape index (κ1) is 17.7. The highest BCUT2D eigenvalue weighted by Gasteiger charge is 2.42. The SMILES string of the molecule is COc1ccc(C(N)=O)c2c1oc1ccc(N(C(=O)C3CC3)C(=O)C3CC3)cc12.